The molecule has 1 aromatic heterocycles. The fraction of sp³-hybridized carbons (Fsp3) is 0.269. The minimum Gasteiger partial charge on any atom is -0.356 e. The summed E-state index contributed by atoms with van der Waals surface area (Å²) in [5.74, 6) is 0.146. The van der Waals surface area contributed by atoms with E-state index >= 15 is 0 Å². The molecule has 4 rings (SSSR count). The normalized spacial score (nSPS) is 15.9. The van der Waals surface area contributed by atoms with Gasteiger partial charge in [-0.3, -0.25) is 14.6 Å². The van der Waals surface area contributed by atoms with Crippen LogP contribution >= 0.6 is 0 Å². The van der Waals surface area contributed by atoms with Crippen molar-refractivity contribution in [3.05, 3.63) is 89.7 Å². The number of nitrogens with one attached hydrogen (secondary N) is 2. The van der Waals surface area contributed by atoms with Crippen LogP contribution in [-0.2, 0) is 17.6 Å². The van der Waals surface area contributed by atoms with Crippen LogP contribution in [0.1, 0.15) is 34.5 Å². The Morgan fingerprint density at radius 2 is 1.90 bits per heavy atom. The number of aromatic nitrogens is 1. The van der Waals surface area contributed by atoms with E-state index in [9.17, 15) is 9.59 Å². The molecule has 1 aliphatic rings. The number of nitrogens with zero attached hydrogens (tertiary/aromatic N) is 1. The van der Waals surface area contributed by atoms with E-state index in [2.05, 4.69) is 39.9 Å². The fourth-order valence-electron chi connectivity index (χ4n) is 3.94. The van der Waals surface area contributed by atoms with Crippen molar-refractivity contribution >= 4 is 11.8 Å². The molecule has 2 amide bonds. The van der Waals surface area contributed by atoms with Crippen molar-refractivity contribution in [2.24, 2.45) is 5.92 Å². The third kappa shape index (κ3) is 5.57. The first kappa shape index (κ1) is 20.8. The Morgan fingerprint density at radius 1 is 1.03 bits per heavy atom. The van der Waals surface area contributed by atoms with Crippen molar-refractivity contribution in [2.75, 3.05) is 13.1 Å². The van der Waals surface area contributed by atoms with Crippen LogP contribution in [0.2, 0.25) is 0 Å². The van der Waals surface area contributed by atoms with Crippen molar-refractivity contribution < 1.29 is 9.59 Å². The number of amides is 2. The topological polar surface area (TPSA) is 71.1 Å². The van der Waals surface area contributed by atoms with Crippen LogP contribution in [0.3, 0.4) is 0 Å². The number of benzene rings is 2. The lowest BCUT2D eigenvalue weighted by Crippen LogP contribution is -2.37. The molecular formula is C26H27N3O2. The van der Waals surface area contributed by atoms with Gasteiger partial charge >= 0.3 is 0 Å². The predicted molar refractivity (Wildman–Crippen MR) is 122 cm³/mol. The molecule has 31 heavy (non-hydrogen) atoms. The van der Waals surface area contributed by atoms with Crippen LogP contribution < -0.4 is 10.6 Å². The summed E-state index contributed by atoms with van der Waals surface area (Å²) in [4.78, 5) is 28.8. The van der Waals surface area contributed by atoms with E-state index in [1.165, 1.54) is 0 Å². The van der Waals surface area contributed by atoms with E-state index in [0.29, 0.717) is 18.5 Å². The number of piperidine rings is 1. The van der Waals surface area contributed by atoms with Crippen LogP contribution in [0.25, 0.3) is 11.1 Å². The van der Waals surface area contributed by atoms with Crippen molar-refractivity contribution in [1.82, 2.24) is 15.6 Å². The van der Waals surface area contributed by atoms with Gasteiger partial charge in [-0.2, -0.15) is 0 Å². The number of pyridine rings is 1. The highest BCUT2D eigenvalue weighted by Gasteiger charge is 2.21. The van der Waals surface area contributed by atoms with Crippen LogP contribution in [-0.4, -0.2) is 29.9 Å². The van der Waals surface area contributed by atoms with Gasteiger partial charge in [0.05, 0.1) is 0 Å². The first-order chi connectivity index (χ1) is 15.2. The summed E-state index contributed by atoms with van der Waals surface area (Å²) >= 11 is 0. The van der Waals surface area contributed by atoms with E-state index in [1.807, 2.05) is 42.5 Å². The van der Waals surface area contributed by atoms with Crippen molar-refractivity contribution in [3.63, 3.8) is 0 Å². The van der Waals surface area contributed by atoms with E-state index in [0.717, 1.165) is 48.2 Å². The predicted octanol–water partition coefficient (Wildman–Crippen LogP) is 3.79. The average molecular weight is 414 g/mol. The summed E-state index contributed by atoms with van der Waals surface area (Å²) in [6.45, 7) is 1.34. The summed E-state index contributed by atoms with van der Waals surface area (Å²) in [6, 6.07) is 21.7. The molecule has 1 aliphatic heterocycles. The molecule has 1 fully saturated rings. The van der Waals surface area contributed by atoms with Gasteiger partial charge in [0.25, 0.3) is 5.91 Å². The zero-order valence-electron chi connectivity index (χ0n) is 17.5. The molecule has 5 nitrogen and oxygen atoms in total. The van der Waals surface area contributed by atoms with Crippen molar-refractivity contribution in [2.45, 2.75) is 25.7 Å². The highest BCUT2D eigenvalue weighted by molar-refractivity contribution is 5.95. The molecule has 1 unspecified atom stereocenters. The van der Waals surface area contributed by atoms with Crippen LogP contribution in [0.15, 0.2) is 72.9 Å². The quantitative estimate of drug-likeness (QED) is 0.619. The third-order valence-corrected chi connectivity index (χ3v) is 5.69. The van der Waals surface area contributed by atoms with Gasteiger partial charge in [-0.15, -0.1) is 0 Å². The molecule has 2 heterocycles. The molecule has 0 aliphatic carbocycles. The van der Waals surface area contributed by atoms with Crippen molar-refractivity contribution in [3.8, 4) is 11.1 Å². The molecule has 0 radical (unpaired) electrons. The van der Waals surface area contributed by atoms with Gasteiger partial charge in [0.2, 0.25) is 5.91 Å². The van der Waals surface area contributed by atoms with Crippen LogP contribution in [0, 0.1) is 5.92 Å². The number of carbonyl (C=O) groups is 2. The summed E-state index contributed by atoms with van der Waals surface area (Å²) in [7, 11) is 0. The summed E-state index contributed by atoms with van der Waals surface area (Å²) in [5, 5.41) is 5.92. The first-order valence-electron chi connectivity index (χ1n) is 10.8. The van der Waals surface area contributed by atoms with Gasteiger partial charge in [0.1, 0.15) is 0 Å². The molecule has 5 heteroatoms. The molecule has 0 spiro atoms. The van der Waals surface area contributed by atoms with Gasteiger partial charge in [-0.25, -0.2) is 0 Å². The average Bonchev–Trinajstić information content (AvgIpc) is 2.82. The van der Waals surface area contributed by atoms with E-state index in [1.54, 1.807) is 6.20 Å². The Morgan fingerprint density at radius 3 is 2.68 bits per heavy atom. The zero-order chi connectivity index (χ0) is 21.5. The van der Waals surface area contributed by atoms with Crippen LogP contribution in [0.5, 0.6) is 0 Å². The van der Waals surface area contributed by atoms with E-state index in [-0.39, 0.29) is 17.7 Å². The Labute approximate surface area is 182 Å². The molecular weight excluding hydrogens is 386 g/mol. The highest BCUT2D eigenvalue weighted by atomic mass is 16.2. The molecule has 2 aromatic carbocycles. The largest absolute Gasteiger partial charge is 0.356 e. The molecule has 1 atom stereocenters. The maximum Gasteiger partial charge on any atom is 0.251 e. The number of hydrogen-bond acceptors (Lipinski definition) is 3. The van der Waals surface area contributed by atoms with Gasteiger partial charge < -0.3 is 10.6 Å². The molecule has 3 aromatic rings. The summed E-state index contributed by atoms with van der Waals surface area (Å²) in [6.07, 6.45) is 5.23. The SMILES string of the molecule is O=C(NCCc1ccccn1)c1cccc(-c2ccc(CC3CCCNC3=O)cc2)c1. The monoisotopic (exact) mass is 413 g/mol. The second kappa shape index (κ2) is 10.0. The molecule has 1 saturated heterocycles. The summed E-state index contributed by atoms with van der Waals surface area (Å²) < 4.78 is 0. The second-order valence-corrected chi connectivity index (χ2v) is 7.94. The molecule has 158 valence electrons. The molecule has 0 bridgehead atoms. The van der Waals surface area contributed by atoms with Crippen LogP contribution in [0.4, 0.5) is 0 Å². The number of carbonyl (C=O) groups excluding carboxylic acids is 2. The Balaban J connectivity index is 1.37. The Hall–Kier alpha value is -3.47. The van der Waals surface area contributed by atoms with E-state index in [4.69, 9.17) is 0 Å². The second-order valence-electron chi connectivity index (χ2n) is 7.94. The minimum atomic E-state index is -0.0855. The molecule has 0 saturated carbocycles. The third-order valence-electron chi connectivity index (χ3n) is 5.69. The minimum absolute atomic E-state index is 0.0673. The lowest BCUT2D eigenvalue weighted by molar-refractivity contribution is -0.126. The molecule has 2 N–H and O–H groups in total. The Bertz CT molecular complexity index is 1030. The fourth-order valence-corrected chi connectivity index (χ4v) is 3.94. The van der Waals surface area contributed by atoms with E-state index < -0.39 is 0 Å². The number of hydrogen-bond donors (Lipinski definition) is 2. The maximum atomic E-state index is 12.6. The standard InChI is InChI=1S/C26H27N3O2/c30-25-22(7-4-15-28-25)17-19-9-11-20(12-10-19)21-5-3-6-23(18-21)26(31)29-16-13-24-8-1-2-14-27-24/h1-3,5-6,8-12,14,18,22H,4,7,13,15-17H2,(H,28,30)(H,29,31). The zero-order valence-corrected chi connectivity index (χ0v) is 17.5. The number of rotatable bonds is 7. The maximum absolute atomic E-state index is 12.6. The smallest absolute Gasteiger partial charge is 0.251 e. The lowest BCUT2D eigenvalue weighted by atomic mass is 9.91. The van der Waals surface area contributed by atoms with Gasteiger partial charge in [-0.1, -0.05) is 42.5 Å². The highest BCUT2D eigenvalue weighted by Crippen LogP contribution is 2.23. The van der Waals surface area contributed by atoms with Gasteiger partial charge in [0.15, 0.2) is 0 Å². The first-order valence-corrected chi connectivity index (χ1v) is 10.8. The summed E-state index contributed by atoms with van der Waals surface area (Å²) in [5.41, 5.74) is 4.82. The van der Waals surface area contributed by atoms with Gasteiger partial charge in [0, 0.05) is 42.9 Å². The van der Waals surface area contributed by atoms with Crippen molar-refractivity contribution in [1.29, 1.82) is 0 Å². The van der Waals surface area contributed by atoms with Gasteiger partial charge in [-0.05, 0) is 60.2 Å². The Kier molecular flexibility index (Phi) is 6.72. The lowest BCUT2D eigenvalue weighted by Gasteiger charge is -2.21.